The second-order valence-corrected chi connectivity index (χ2v) is 7.11. The van der Waals surface area contributed by atoms with Crippen LogP contribution < -0.4 is 10.1 Å². The van der Waals surface area contributed by atoms with Gasteiger partial charge in [0.15, 0.2) is 0 Å². The molecule has 2 aromatic rings. The number of rotatable bonds is 6. The smallest absolute Gasteiger partial charge is 0.296 e. The van der Waals surface area contributed by atoms with E-state index >= 15 is 0 Å². The molecule has 29 heavy (non-hydrogen) atoms. The molecule has 1 aliphatic heterocycles. The van der Waals surface area contributed by atoms with E-state index in [0.29, 0.717) is 18.8 Å². The number of amides is 1. The molecule has 1 amide bonds. The van der Waals surface area contributed by atoms with Gasteiger partial charge >= 0.3 is 0 Å². The average molecular weight is 399 g/mol. The van der Waals surface area contributed by atoms with E-state index < -0.39 is 11.0 Å². The molecule has 0 saturated carbocycles. The first-order valence-corrected chi connectivity index (χ1v) is 9.46. The summed E-state index contributed by atoms with van der Waals surface area (Å²) in [5, 5.41) is 14.0. The molecule has 3 rings (SSSR count). The predicted molar refractivity (Wildman–Crippen MR) is 109 cm³/mol. The van der Waals surface area contributed by atoms with Gasteiger partial charge in [-0.3, -0.25) is 19.8 Å². The van der Waals surface area contributed by atoms with Gasteiger partial charge in [0.1, 0.15) is 11.4 Å². The van der Waals surface area contributed by atoms with Crippen LogP contribution in [0, 0.1) is 10.1 Å². The molecule has 3 atom stereocenters. The number of carbonyl (C=O) groups excluding carboxylic acids is 1. The van der Waals surface area contributed by atoms with Crippen molar-refractivity contribution in [2.45, 2.75) is 32.1 Å². The Balaban J connectivity index is 1.73. The predicted octanol–water partition coefficient (Wildman–Crippen LogP) is 3.39. The molecule has 0 aliphatic carbocycles. The number of nitro benzene ring substituents is 1. The normalized spacial score (nSPS) is 20.7. The highest BCUT2D eigenvalue weighted by atomic mass is 16.6. The summed E-state index contributed by atoms with van der Waals surface area (Å²) in [4.78, 5) is 25.7. The highest BCUT2D eigenvalue weighted by Crippen LogP contribution is 2.30. The Morgan fingerprint density at radius 2 is 2.00 bits per heavy atom. The van der Waals surface area contributed by atoms with Crippen molar-refractivity contribution in [1.82, 2.24) is 4.90 Å². The SMILES string of the molecule is COc1ccc(NC(=O)C(C)N2CC(C)OC(c3ccccc3)C2)c([N+](=O)[O-])c1. The van der Waals surface area contributed by atoms with Crippen molar-refractivity contribution in [3.8, 4) is 5.75 Å². The topological polar surface area (TPSA) is 93.9 Å². The molecular weight excluding hydrogens is 374 g/mol. The van der Waals surface area contributed by atoms with Crippen molar-refractivity contribution < 1.29 is 19.2 Å². The van der Waals surface area contributed by atoms with Gasteiger partial charge in [0.25, 0.3) is 5.69 Å². The summed E-state index contributed by atoms with van der Waals surface area (Å²) in [6.45, 7) is 4.93. The molecule has 3 unspecified atom stereocenters. The van der Waals surface area contributed by atoms with Crippen molar-refractivity contribution in [2.75, 3.05) is 25.5 Å². The number of benzene rings is 2. The van der Waals surface area contributed by atoms with Gasteiger partial charge in [0.05, 0.1) is 36.3 Å². The van der Waals surface area contributed by atoms with Crippen LogP contribution in [0.1, 0.15) is 25.5 Å². The first-order valence-electron chi connectivity index (χ1n) is 9.46. The first kappa shape index (κ1) is 20.8. The molecule has 1 saturated heterocycles. The lowest BCUT2D eigenvalue weighted by Crippen LogP contribution is -2.51. The lowest BCUT2D eigenvalue weighted by Gasteiger charge is -2.39. The van der Waals surface area contributed by atoms with Gasteiger partial charge in [-0.15, -0.1) is 0 Å². The Morgan fingerprint density at radius 3 is 2.66 bits per heavy atom. The second-order valence-electron chi connectivity index (χ2n) is 7.11. The van der Waals surface area contributed by atoms with E-state index in [9.17, 15) is 14.9 Å². The number of anilines is 1. The van der Waals surface area contributed by atoms with Crippen molar-refractivity contribution in [2.24, 2.45) is 0 Å². The third-order valence-corrected chi connectivity index (χ3v) is 5.05. The van der Waals surface area contributed by atoms with E-state index in [1.54, 1.807) is 13.0 Å². The first-order chi connectivity index (χ1) is 13.9. The van der Waals surface area contributed by atoms with Gasteiger partial charge in [-0.05, 0) is 31.5 Å². The number of methoxy groups -OCH3 is 1. The molecule has 2 aromatic carbocycles. The van der Waals surface area contributed by atoms with E-state index in [-0.39, 0.29) is 29.5 Å². The molecule has 0 bridgehead atoms. The van der Waals surface area contributed by atoms with Crippen LogP contribution in [0.15, 0.2) is 48.5 Å². The van der Waals surface area contributed by atoms with Crippen LogP contribution in [0.3, 0.4) is 0 Å². The van der Waals surface area contributed by atoms with E-state index in [1.165, 1.54) is 19.2 Å². The van der Waals surface area contributed by atoms with Crippen LogP contribution in [0.25, 0.3) is 0 Å². The van der Waals surface area contributed by atoms with Gasteiger partial charge in [-0.1, -0.05) is 30.3 Å². The molecule has 154 valence electrons. The van der Waals surface area contributed by atoms with E-state index in [1.807, 2.05) is 42.2 Å². The average Bonchev–Trinajstić information content (AvgIpc) is 2.73. The van der Waals surface area contributed by atoms with Gasteiger partial charge in [-0.2, -0.15) is 0 Å². The monoisotopic (exact) mass is 399 g/mol. The van der Waals surface area contributed by atoms with Crippen molar-refractivity contribution >= 4 is 17.3 Å². The minimum Gasteiger partial charge on any atom is -0.496 e. The number of ether oxygens (including phenoxy) is 2. The second kappa shape index (κ2) is 9.02. The fourth-order valence-corrected chi connectivity index (χ4v) is 3.45. The number of hydrogen-bond donors (Lipinski definition) is 1. The molecule has 0 radical (unpaired) electrons. The van der Waals surface area contributed by atoms with Crippen LogP contribution in [0.2, 0.25) is 0 Å². The van der Waals surface area contributed by atoms with Crippen LogP contribution in [-0.4, -0.2) is 48.1 Å². The molecule has 1 N–H and O–H groups in total. The summed E-state index contributed by atoms with van der Waals surface area (Å²) in [5.41, 5.74) is 0.999. The van der Waals surface area contributed by atoms with E-state index in [0.717, 1.165) is 5.56 Å². The number of hydrogen-bond acceptors (Lipinski definition) is 6. The molecule has 0 aromatic heterocycles. The van der Waals surface area contributed by atoms with Gasteiger partial charge in [-0.25, -0.2) is 0 Å². The zero-order valence-corrected chi connectivity index (χ0v) is 16.7. The Labute approximate surface area is 169 Å². The molecule has 8 nitrogen and oxygen atoms in total. The largest absolute Gasteiger partial charge is 0.496 e. The summed E-state index contributed by atoms with van der Waals surface area (Å²) in [6, 6.07) is 13.8. The molecule has 0 spiro atoms. The van der Waals surface area contributed by atoms with Crippen LogP contribution >= 0.6 is 0 Å². The maximum absolute atomic E-state index is 12.8. The number of nitrogens with zero attached hydrogens (tertiary/aromatic N) is 2. The standard InChI is InChI=1S/C21H25N3O5/c1-14-12-23(13-20(29-14)16-7-5-4-6-8-16)15(2)21(25)22-18-10-9-17(28-3)11-19(18)24(26)27/h4-11,14-15,20H,12-13H2,1-3H3,(H,22,25). The Morgan fingerprint density at radius 1 is 1.28 bits per heavy atom. The summed E-state index contributed by atoms with van der Waals surface area (Å²) >= 11 is 0. The van der Waals surface area contributed by atoms with Gasteiger partial charge in [0.2, 0.25) is 5.91 Å². The Bertz CT molecular complexity index is 874. The highest BCUT2D eigenvalue weighted by molar-refractivity contribution is 5.96. The van der Waals surface area contributed by atoms with E-state index in [4.69, 9.17) is 9.47 Å². The molecule has 1 aliphatic rings. The molecule has 1 heterocycles. The van der Waals surface area contributed by atoms with Gasteiger partial charge in [0, 0.05) is 13.1 Å². The van der Waals surface area contributed by atoms with E-state index in [2.05, 4.69) is 5.32 Å². The van der Waals surface area contributed by atoms with Crippen LogP contribution in [0.5, 0.6) is 5.75 Å². The third-order valence-electron chi connectivity index (χ3n) is 5.05. The minimum absolute atomic E-state index is 0.0421. The number of nitrogens with one attached hydrogen (secondary N) is 1. The minimum atomic E-state index is -0.537. The highest BCUT2D eigenvalue weighted by Gasteiger charge is 2.32. The molecule has 1 fully saturated rings. The summed E-state index contributed by atoms with van der Waals surface area (Å²) in [5.74, 6) is 0.0506. The summed E-state index contributed by atoms with van der Waals surface area (Å²) < 4.78 is 11.1. The van der Waals surface area contributed by atoms with Crippen molar-refractivity contribution in [1.29, 1.82) is 0 Å². The lowest BCUT2D eigenvalue weighted by molar-refractivity contribution is -0.384. The Hall–Kier alpha value is -2.97. The maximum atomic E-state index is 12.8. The quantitative estimate of drug-likeness (QED) is 0.591. The number of morpholine rings is 1. The van der Waals surface area contributed by atoms with Crippen LogP contribution in [-0.2, 0) is 9.53 Å². The fraction of sp³-hybridized carbons (Fsp3) is 0.381. The summed E-state index contributed by atoms with van der Waals surface area (Å²) in [7, 11) is 1.43. The fourth-order valence-electron chi connectivity index (χ4n) is 3.45. The number of nitro groups is 1. The molecular formula is C21H25N3O5. The maximum Gasteiger partial charge on any atom is 0.296 e. The molecule has 8 heteroatoms. The summed E-state index contributed by atoms with van der Waals surface area (Å²) in [6.07, 6.45) is -0.176. The number of carbonyl (C=O) groups is 1. The zero-order chi connectivity index (χ0) is 21.0. The lowest BCUT2D eigenvalue weighted by atomic mass is 10.1. The zero-order valence-electron chi connectivity index (χ0n) is 16.7. The van der Waals surface area contributed by atoms with Gasteiger partial charge < -0.3 is 14.8 Å². The van der Waals surface area contributed by atoms with Crippen molar-refractivity contribution in [3.05, 3.63) is 64.2 Å². The van der Waals surface area contributed by atoms with Crippen LogP contribution in [0.4, 0.5) is 11.4 Å². The van der Waals surface area contributed by atoms with Crippen molar-refractivity contribution in [3.63, 3.8) is 0 Å². The Kier molecular flexibility index (Phi) is 6.46. The third kappa shape index (κ3) is 4.90.